The molecule has 0 bridgehead atoms. The molecule has 0 spiro atoms. The zero-order chi connectivity index (χ0) is 9.19. The molecule has 2 unspecified atom stereocenters. The Hall–Kier alpha value is -0.710. The van der Waals surface area contributed by atoms with E-state index < -0.39 is 0 Å². The SMILES string of the molecule is CC1CCCC(C)(C)C1OC#N. The minimum absolute atomic E-state index is 0.122. The molecular weight excluding hydrogens is 150 g/mol. The second-order valence-corrected chi connectivity index (χ2v) is 4.49. The fourth-order valence-corrected chi connectivity index (χ4v) is 2.28. The van der Waals surface area contributed by atoms with Gasteiger partial charge in [-0.25, -0.2) is 0 Å². The van der Waals surface area contributed by atoms with Gasteiger partial charge in [-0.2, -0.15) is 5.26 Å². The van der Waals surface area contributed by atoms with Gasteiger partial charge in [0, 0.05) is 5.41 Å². The highest BCUT2D eigenvalue weighted by atomic mass is 16.5. The van der Waals surface area contributed by atoms with Crippen molar-refractivity contribution in [2.24, 2.45) is 11.3 Å². The van der Waals surface area contributed by atoms with Crippen LogP contribution in [0.15, 0.2) is 0 Å². The van der Waals surface area contributed by atoms with Gasteiger partial charge in [0.1, 0.15) is 6.10 Å². The quantitative estimate of drug-likeness (QED) is 0.562. The molecule has 2 heteroatoms. The van der Waals surface area contributed by atoms with Gasteiger partial charge in [0.25, 0.3) is 6.26 Å². The van der Waals surface area contributed by atoms with E-state index in [2.05, 4.69) is 20.8 Å². The molecule has 0 N–H and O–H groups in total. The summed E-state index contributed by atoms with van der Waals surface area (Å²) < 4.78 is 5.12. The zero-order valence-electron chi connectivity index (χ0n) is 8.13. The van der Waals surface area contributed by atoms with E-state index in [0.29, 0.717) is 5.92 Å². The van der Waals surface area contributed by atoms with Crippen LogP contribution in [0.25, 0.3) is 0 Å². The van der Waals surface area contributed by atoms with Crippen molar-refractivity contribution in [1.29, 1.82) is 5.26 Å². The Bertz CT molecular complexity index is 193. The summed E-state index contributed by atoms with van der Waals surface area (Å²) in [5.74, 6) is 0.522. The number of ether oxygens (including phenoxy) is 1. The van der Waals surface area contributed by atoms with Crippen LogP contribution in [-0.2, 0) is 4.74 Å². The van der Waals surface area contributed by atoms with Crippen LogP contribution in [0.5, 0.6) is 0 Å². The maximum atomic E-state index is 8.50. The molecule has 1 fully saturated rings. The lowest BCUT2D eigenvalue weighted by Gasteiger charge is -2.40. The van der Waals surface area contributed by atoms with Crippen molar-refractivity contribution in [3.05, 3.63) is 0 Å². The predicted molar refractivity (Wildman–Crippen MR) is 47.3 cm³/mol. The van der Waals surface area contributed by atoms with Crippen LogP contribution in [0.4, 0.5) is 0 Å². The van der Waals surface area contributed by atoms with Crippen LogP contribution in [0.1, 0.15) is 40.0 Å². The standard InChI is InChI=1S/C10H17NO/c1-8-5-4-6-10(2,3)9(8)12-7-11/h8-9H,4-6H2,1-3H3. The van der Waals surface area contributed by atoms with Gasteiger partial charge in [0.15, 0.2) is 0 Å². The molecule has 0 amide bonds. The number of nitriles is 1. The summed E-state index contributed by atoms with van der Waals surface area (Å²) in [6, 6.07) is 0. The second-order valence-electron chi connectivity index (χ2n) is 4.49. The Morgan fingerprint density at radius 1 is 1.50 bits per heavy atom. The van der Waals surface area contributed by atoms with E-state index in [4.69, 9.17) is 10.00 Å². The lowest BCUT2D eigenvalue weighted by molar-refractivity contribution is -0.0275. The zero-order valence-corrected chi connectivity index (χ0v) is 8.13. The average molecular weight is 167 g/mol. The first kappa shape index (κ1) is 9.38. The molecule has 0 saturated heterocycles. The van der Waals surface area contributed by atoms with Gasteiger partial charge < -0.3 is 4.74 Å². The summed E-state index contributed by atoms with van der Waals surface area (Å²) in [6.07, 6.45) is 5.57. The Labute approximate surface area is 74.5 Å². The third-order valence-corrected chi connectivity index (χ3v) is 2.95. The molecule has 12 heavy (non-hydrogen) atoms. The summed E-state index contributed by atoms with van der Waals surface area (Å²) in [7, 11) is 0. The Balaban J connectivity index is 2.68. The molecule has 0 aromatic rings. The molecule has 0 aromatic carbocycles. The van der Waals surface area contributed by atoms with Gasteiger partial charge >= 0.3 is 0 Å². The second kappa shape index (κ2) is 3.35. The lowest BCUT2D eigenvalue weighted by Crippen LogP contribution is -2.39. The average Bonchev–Trinajstić information content (AvgIpc) is 1.97. The molecule has 2 atom stereocenters. The summed E-state index contributed by atoms with van der Waals surface area (Å²) in [5, 5.41) is 8.50. The molecule has 0 heterocycles. The maximum absolute atomic E-state index is 8.50. The summed E-state index contributed by atoms with van der Waals surface area (Å²) in [4.78, 5) is 0. The summed E-state index contributed by atoms with van der Waals surface area (Å²) in [6.45, 7) is 6.54. The molecule has 0 aromatic heterocycles. The Kier molecular flexibility index (Phi) is 2.62. The van der Waals surface area contributed by atoms with Gasteiger partial charge in [-0.05, 0) is 18.8 Å². The van der Waals surface area contributed by atoms with Crippen molar-refractivity contribution in [1.82, 2.24) is 0 Å². The van der Waals surface area contributed by atoms with Crippen molar-refractivity contribution in [3.8, 4) is 6.26 Å². The van der Waals surface area contributed by atoms with Gasteiger partial charge in [-0.15, -0.1) is 0 Å². The monoisotopic (exact) mass is 167 g/mol. The van der Waals surface area contributed by atoms with Crippen molar-refractivity contribution in [2.75, 3.05) is 0 Å². The van der Waals surface area contributed by atoms with Crippen molar-refractivity contribution < 1.29 is 4.74 Å². The predicted octanol–water partition coefficient (Wildman–Crippen LogP) is 2.70. The van der Waals surface area contributed by atoms with Crippen LogP contribution in [-0.4, -0.2) is 6.10 Å². The molecule has 1 saturated carbocycles. The van der Waals surface area contributed by atoms with E-state index >= 15 is 0 Å². The highest BCUT2D eigenvalue weighted by Crippen LogP contribution is 2.40. The van der Waals surface area contributed by atoms with Crippen molar-refractivity contribution in [3.63, 3.8) is 0 Å². The summed E-state index contributed by atoms with van der Waals surface area (Å²) in [5.41, 5.74) is 0.174. The molecule has 0 aliphatic heterocycles. The first-order valence-electron chi connectivity index (χ1n) is 4.62. The highest BCUT2D eigenvalue weighted by Gasteiger charge is 2.38. The van der Waals surface area contributed by atoms with Crippen LogP contribution in [0.3, 0.4) is 0 Å². The van der Waals surface area contributed by atoms with Crippen molar-refractivity contribution >= 4 is 0 Å². The van der Waals surface area contributed by atoms with Crippen LogP contribution in [0.2, 0.25) is 0 Å². The molecule has 2 nitrogen and oxygen atoms in total. The largest absolute Gasteiger partial charge is 0.423 e. The minimum Gasteiger partial charge on any atom is -0.423 e. The lowest BCUT2D eigenvalue weighted by atomic mass is 9.70. The summed E-state index contributed by atoms with van der Waals surface area (Å²) >= 11 is 0. The number of hydrogen-bond acceptors (Lipinski definition) is 2. The smallest absolute Gasteiger partial charge is 0.286 e. The van der Waals surface area contributed by atoms with E-state index in [1.807, 2.05) is 6.26 Å². The molecule has 68 valence electrons. The van der Waals surface area contributed by atoms with E-state index in [0.717, 1.165) is 0 Å². The van der Waals surface area contributed by atoms with Crippen LogP contribution < -0.4 is 0 Å². The van der Waals surface area contributed by atoms with Crippen molar-refractivity contribution in [2.45, 2.75) is 46.1 Å². The first-order chi connectivity index (χ1) is 5.58. The van der Waals surface area contributed by atoms with Gasteiger partial charge in [-0.3, -0.25) is 0 Å². The highest BCUT2D eigenvalue weighted by molar-refractivity contribution is 4.88. The minimum atomic E-state index is 0.122. The third-order valence-electron chi connectivity index (χ3n) is 2.95. The number of hydrogen-bond donors (Lipinski definition) is 0. The molecular formula is C10H17NO. The molecule has 1 aliphatic rings. The first-order valence-corrected chi connectivity index (χ1v) is 4.62. The molecule has 1 rings (SSSR count). The topological polar surface area (TPSA) is 33.0 Å². The van der Waals surface area contributed by atoms with Gasteiger partial charge in [0.05, 0.1) is 0 Å². The van der Waals surface area contributed by atoms with Gasteiger partial charge in [0.2, 0.25) is 0 Å². The molecule has 1 aliphatic carbocycles. The third kappa shape index (κ3) is 1.72. The number of rotatable bonds is 1. The molecule has 0 radical (unpaired) electrons. The fraction of sp³-hybridized carbons (Fsp3) is 0.900. The number of nitrogens with zero attached hydrogens (tertiary/aromatic N) is 1. The van der Waals surface area contributed by atoms with Gasteiger partial charge in [-0.1, -0.05) is 27.2 Å². The van der Waals surface area contributed by atoms with Crippen LogP contribution in [0, 0.1) is 22.9 Å². The Morgan fingerprint density at radius 3 is 2.67 bits per heavy atom. The fourth-order valence-electron chi connectivity index (χ4n) is 2.28. The van der Waals surface area contributed by atoms with E-state index in [1.165, 1.54) is 19.3 Å². The maximum Gasteiger partial charge on any atom is 0.286 e. The van der Waals surface area contributed by atoms with E-state index in [9.17, 15) is 0 Å². The van der Waals surface area contributed by atoms with E-state index in [1.54, 1.807) is 0 Å². The van der Waals surface area contributed by atoms with E-state index in [-0.39, 0.29) is 11.5 Å². The van der Waals surface area contributed by atoms with Crippen LogP contribution >= 0.6 is 0 Å². The Morgan fingerprint density at radius 2 is 2.17 bits per heavy atom. The normalized spacial score (nSPS) is 33.8.